The van der Waals surface area contributed by atoms with Crippen LogP contribution in [0.4, 0.5) is 0 Å². The Labute approximate surface area is 111 Å². The van der Waals surface area contributed by atoms with Crippen LogP contribution in [0.1, 0.15) is 38.2 Å². The predicted octanol–water partition coefficient (Wildman–Crippen LogP) is 3.61. The highest BCUT2D eigenvalue weighted by Gasteiger charge is 2.50. The fourth-order valence-corrected chi connectivity index (χ4v) is 4.44. The molecule has 2 nitrogen and oxygen atoms in total. The van der Waals surface area contributed by atoms with Gasteiger partial charge in [0.15, 0.2) is 11.1 Å². The largest absolute Gasteiger partial charge is 0.283 e. The number of rotatable bonds is 3. The third kappa shape index (κ3) is 2.14. The van der Waals surface area contributed by atoms with Gasteiger partial charge in [0, 0.05) is 0 Å². The van der Waals surface area contributed by atoms with Gasteiger partial charge in [-0.1, -0.05) is 24.6 Å². The van der Waals surface area contributed by atoms with Gasteiger partial charge >= 0.3 is 0 Å². The summed E-state index contributed by atoms with van der Waals surface area (Å²) in [6.07, 6.45) is 5.08. The van der Waals surface area contributed by atoms with Crippen LogP contribution in [0.3, 0.4) is 0 Å². The maximum absolute atomic E-state index is 12.2. The van der Waals surface area contributed by atoms with E-state index in [1.165, 1.54) is 24.8 Å². The minimum absolute atomic E-state index is 0.179. The molecule has 18 heavy (non-hydrogen) atoms. The summed E-state index contributed by atoms with van der Waals surface area (Å²) in [7, 11) is 0. The van der Waals surface area contributed by atoms with Gasteiger partial charge in [-0.05, 0) is 56.1 Å². The normalized spacial score (nSPS) is 35.9. The summed E-state index contributed by atoms with van der Waals surface area (Å²) >= 11 is -1.31. The van der Waals surface area contributed by atoms with Crippen LogP contribution in [-0.2, 0) is 15.3 Å². The summed E-state index contributed by atoms with van der Waals surface area (Å²) < 4.78 is 18.1. The molecule has 0 N–H and O–H groups in total. The van der Waals surface area contributed by atoms with Crippen LogP contribution < -0.4 is 0 Å². The third-order valence-corrected chi connectivity index (χ3v) is 5.68. The summed E-state index contributed by atoms with van der Waals surface area (Å²) in [6, 6.07) is 7.78. The van der Waals surface area contributed by atoms with Gasteiger partial charge < -0.3 is 0 Å². The van der Waals surface area contributed by atoms with Gasteiger partial charge in [-0.3, -0.25) is 4.18 Å². The molecule has 0 aliphatic heterocycles. The number of hydrogen-bond acceptors (Lipinski definition) is 2. The van der Waals surface area contributed by atoms with E-state index in [-0.39, 0.29) is 11.5 Å². The summed E-state index contributed by atoms with van der Waals surface area (Å²) in [5, 5.41) is 0. The molecular weight excluding hydrogens is 244 g/mol. The maximum Gasteiger partial charge on any atom is 0.189 e. The van der Waals surface area contributed by atoms with Crippen molar-refractivity contribution in [3.63, 3.8) is 0 Å². The zero-order valence-electron chi connectivity index (χ0n) is 11.0. The van der Waals surface area contributed by atoms with Crippen molar-refractivity contribution in [1.29, 1.82) is 0 Å². The Morgan fingerprint density at radius 1 is 1.33 bits per heavy atom. The molecule has 98 valence electrons. The summed E-state index contributed by atoms with van der Waals surface area (Å²) in [5.41, 5.74) is 1.45. The second kappa shape index (κ2) is 4.46. The molecule has 0 aromatic heterocycles. The topological polar surface area (TPSA) is 26.3 Å². The predicted molar refractivity (Wildman–Crippen MR) is 72.5 cm³/mol. The zero-order chi connectivity index (χ0) is 12.8. The highest BCUT2D eigenvalue weighted by molar-refractivity contribution is 7.80. The van der Waals surface area contributed by atoms with E-state index in [0.29, 0.717) is 0 Å². The van der Waals surface area contributed by atoms with Crippen LogP contribution in [0, 0.1) is 18.3 Å². The van der Waals surface area contributed by atoms with Crippen molar-refractivity contribution in [1.82, 2.24) is 0 Å². The lowest BCUT2D eigenvalue weighted by Crippen LogP contribution is -2.30. The lowest BCUT2D eigenvalue weighted by molar-refractivity contribution is 0.0889. The third-order valence-electron chi connectivity index (χ3n) is 4.62. The molecule has 1 aromatic rings. The maximum atomic E-state index is 12.2. The van der Waals surface area contributed by atoms with Crippen molar-refractivity contribution < 1.29 is 8.39 Å². The standard InChI is InChI=1S/C15H20O2S/c1-11-3-5-13(6-4-11)18(16)17-14-9-12-7-8-15(14,2)10-12/h3-6,12,14H,7-10H2,1-2H3/t12-,14-,15-,18?/m0/s1. The Hall–Kier alpha value is -0.670. The monoisotopic (exact) mass is 264 g/mol. The quantitative estimate of drug-likeness (QED) is 0.833. The fraction of sp³-hybridized carbons (Fsp3) is 0.600. The average molecular weight is 264 g/mol. The van der Waals surface area contributed by atoms with Gasteiger partial charge in [-0.15, -0.1) is 0 Å². The lowest BCUT2D eigenvalue weighted by Gasteiger charge is -2.30. The van der Waals surface area contributed by atoms with Crippen LogP contribution in [-0.4, -0.2) is 10.3 Å². The molecule has 2 aliphatic rings. The smallest absolute Gasteiger partial charge is 0.189 e. The van der Waals surface area contributed by atoms with E-state index in [1.54, 1.807) is 0 Å². The zero-order valence-corrected chi connectivity index (χ0v) is 11.8. The molecule has 2 fully saturated rings. The van der Waals surface area contributed by atoms with Gasteiger partial charge in [0.2, 0.25) is 0 Å². The van der Waals surface area contributed by atoms with Crippen molar-refractivity contribution in [2.45, 2.75) is 50.5 Å². The molecule has 1 unspecified atom stereocenters. The molecule has 2 aliphatic carbocycles. The molecule has 0 saturated heterocycles. The van der Waals surface area contributed by atoms with Gasteiger partial charge in [0.25, 0.3) is 0 Å². The summed E-state index contributed by atoms with van der Waals surface area (Å²) in [5.74, 6) is 0.801. The van der Waals surface area contributed by atoms with Crippen LogP contribution in [0.2, 0.25) is 0 Å². The number of hydrogen-bond donors (Lipinski definition) is 0. The highest BCUT2D eigenvalue weighted by atomic mass is 32.2. The minimum atomic E-state index is -1.31. The van der Waals surface area contributed by atoms with Crippen molar-refractivity contribution in [2.24, 2.45) is 11.3 Å². The van der Waals surface area contributed by atoms with E-state index in [9.17, 15) is 4.21 Å². The molecule has 3 rings (SSSR count). The van der Waals surface area contributed by atoms with Crippen molar-refractivity contribution in [3.8, 4) is 0 Å². The molecule has 0 amide bonds. The van der Waals surface area contributed by atoms with Gasteiger partial charge in [-0.2, -0.15) is 0 Å². The molecular formula is C15H20O2S. The van der Waals surface area contributed by atoms with E-state index in [1.807, 2.05) is 31.2 Å². The molecule has 0 heterocycles. The SMILES string of the molecule is Cc1ccc(S(=O)O[C@H]2C[C@@H]3CC[C@@]2(C)C3)cc1. The Morgan fingerprint density at radius 2 is 2.06 bits per heavy atom. The first-order valence-corrected chi connectivity index (χ1v) is 7.80. The van der Waals surface area contributed by atoms with Gasteiger partial charge in [-0.25, -0.2) is 4.21 Å². The van der Waals surface area contributed by atoms with Gasteiger partial charge in [0.05, 0.1) is 11.0 Å². The first kappa shape index (κ1) is 12.4. The second-order valence-electron chi connectivity index (χ2n) is 6.13. The summed E-state index contributed by atoms with van der Waals surface area (Å²) in [4.78, 5) is 0.784. The van der Waals surface area contributed by atoms with Crippen molar-refractivity contribution in [3.05, 3.63) is 29.8 Å². The van der Waals surface area contributed by atoms with E-state index in [2.05, 4.69) is 6.92 Å². The highest BCUT2D eigenvalue weighted by Crippen LogP contribution is 2.55. The molecule has 1 aromatic carbocycles. The molecule has 0 spiro atoms. The summed E-state index contributed by atoms with van der Waals surface area (Å²) in [6.45, 7) is 4.32. The Bertz CT molecular complexity index is 468. The van der Waals surface area contributed by atoms with E-state index in [4.69, 9.17) is 4.18 Å². The Morgan fingerprint density at radius 3 is 2.61 bits per heavy atom. The van der Waals surface area contributed by atoms with E-state index < -0.39 is 11.1 Å². The number of aryl methyl sites for hydroxylation is 1. The van der Waals surface area contributed by atoms with Crippen molar-refractivity contribution >= 4 is 11.1 Å². The first-order chi connectivity index (χ1) is 8.57. The Balaban J connectivity index is 1.70. The number of benzene rings is 1. The fourth-order valence-electron chi connectivity index (χ4n) is 3.44. The Kier molecular flexibility index (Phi) is 3.07. The number of fused-ring (bicyclic) bond motifs is 2. The van der Waals surface area contributed by atoms with Crippen molar-refractivity contribution in [2.75, 3.05) is 0 Å². The van der Waals surface area contributed by atoms with Crippen LogP contribution in [0.25, 0.3) is 0 Å². The molecule has 2 saturated carbocycles. The first-order valence-electron chi connectivity index (χ1n) is 6.72. The molecule has 0 radical (unpaired) electrons. The lowest BCUT2D eigenvalue weighted by atomic mass is 9.84. The van der Waals surface area contributed by atoms with Crippen LogP contribution >= 0.6 is 0 Å². The van der Waals surface area contributed by atoms with Crippen LogP contribution in [0.5, 0.6) is 0 Å². The minimum Gasteiger partial charge on any atom is -0.283 e. The second-order valence-corrected chi connectivity index (χ2v) is 7.26. The van der Waals surface area contributed by atoms with Gasteiger partial charge in [0.1, 0.15) is 0 Å². The molecule has 4 atom stereocenters. The van der Waals surface area contributed by atoms with E-state index in [0.717, 1.165) is 17.2 Å². The molecule has 3 heteroatoms. The van der Waals surface area contributed by atoms with Crippen LogP contribution in [0.15, 0.2) is 29.2 Å². The average Bonchev–Trinajstić information content (AvgIpc) is 2.85. The van der Waals surface area contributed by atoms with E-state index >= 15 is 0 Å². The molecule has 2 bridgehead atoms.